The Morgan fingerprint density at radius 3 is 2.70 bits per heavy atom. The van der Waals surface area contributed by atoms with Crippen LogP contribution in [0.15, 0.2) is 11.0 Å². The van der Waals surface area contributed by atoms with E-state index in [4.69, 9.17) is 17.3 Å². The molecule has 0 spiro atoms. The first-order valence-corrected chi connectivity index (χ1v) is 7.66. The van der Waals surface area contributed by atoms with Gasteiger partial charge in [-0.15, -0.1) is 0 Å². The van der Waals surface area contributed by atoms with Gasteiger partial charge in [0.2, 0.25) is 0 Å². The van der Waals surface area contributed by atoms with Crippen molar-refractivity contribution in [1.29, 1.82) is 0 Å². The lowest BCUT2D eigenvalue weighted by molar-refractivity contribution is 0.460. The van der Waals surface area contributed by atoms with E-state index in [0.717, 1.165) is 0 Å². The van der Waals surface area contributed by atoms with E-state index in [1.807, 2.05) is 13.8 Å². The van der Waals surface area contributed by atoms with Crippen molar-refractivity contribution in [3.63, 3.8) is 0 Å². The largest absolute Gasteiger partial charge is 0.378 e. The molecule has 0 aliphatic heterocycles. The average molecular weight is 299 g/mol. The van der Waals surface area contributed by atoms with Crippen molar-refractivity contribution < 1.29 is 0 Å². The van der Waals surface area contributed by atoms with Crippen LogP contribution in [0, 0.1) is 5.92 Å². The summed E-state index contributed by atoms with van der Waals surface area (Å²) in [5.41, 5.74) is 6.20. The zero-order valence-corrected chi connectivity index (χ0v) is 12.9. The van der Waals surface area contributed by atoms with Crippen LogP contribution in [0.5, 0.6) is 0 Å². The second-order valence-electron chi connectivity index (χ2n) is 5.75. The second kappa shape index (κ2) is 6.59. The Kier molecular flexibility index (Phi) is 5.05. The molecule has 1 heterocycles. The van der Waals surface area contributed by atoms with E-state index in [-0.39, 0.29) is 22.7 Å². The van der Waals surface area contributed by atoms with E-state index in [1.54, 1.807) is 6.20 Å². The molecule has 5 nitrogen and oxygen atoms in total. The smallest absolute Gasteiger partial charge is 0.287 e. The molecule has 0 saturated heterocycles. The lowest BCUT2D eigenvalue weighted by Crippen LogP contribution is -2.36. The molecule has 1 unspecified atom stereocenters. The highest BCUT2D eigenvalue weighted by molar-refractivity contribution is 6.32. The van der Waals surface area contributed by atoms with Gasteiger partial charge in [0.25, 0.3) is 5.56 Å². The molecular formula is C14H23ClN4O. The number of rotatable bonds is 5. The molecule has 0 aromatic carbocycles. The van der Waals surface area contributed by atoms with Crippen molar-refractivity contribution in [2.45, 2.75) is 51.6 Å². The maximum atomic E-state index is 12.1. The fourth-order valence-electron chi connectivity index (χ4n) is 2.84. The maximum Gasteiger partial charge on any atom is 0.287 e. The fourth-order valence-corrected chi connectivity index (χ4v) is 3.03. The first kappa shape index (κ1) is 15.3. The van der Waals surface area contributed by atoms with E-state index in [1.165, 1.54) is 30.4 Å². The van der Waals surface area contributed by atoms with Crippen LogP contribution in [0.3, 0.4) is 0 Å². The molecule has 6 heteroatoms. The Balaban J connectivity index is 2.20. The van der Waals surface area contributed by atoms with E-state index in [2.05, 4.69) is 10.4 Å². The summed E-state index contributed by atoms with van der Waals surface area (Å²) in [5.74, 6) is 0.559. The molecule has 1 aromatic heterocycles. The zero-order chi connectivity index (χ0) is 14.7. The second-order valence-corrected chi connectivity index (χ2v) is 6.12. The van der Waals surface area contributed by atoms with Crippen molar-refractivity contribution in [1.82, 2.24) is 9.78 Å². The van der Waals surface area contributed by atoms with Crippen LogP contribution in [0.25, 0.3) is 0 Å². The van der Waals surface area contributed by atoms with Crippen molar-refractivity contribution in [3.05, 3.63) is 21.6 Å². The van der Waals surface area contributed by atoms with Gasteiger partial charge in [-0.2, -0.15) is 5.10 Å². The minimum absolute atomic E-state index is 0.00538. The van der Waals surface area contributed by atoms with Crippen molar-refractivity contribution >= 4 is 17.3 Å². The Hall–Kier alpha value is -1.07. The van der Waals surface area contributed by atoms with Gasteiger partial charge in [-0.3, -0.25) is 4.79 Å². The van der Waals surface area contributed by atoms with E-state index >= 15 is 0 Å². The molecule has 1 saturated carbocycles. The number of halogens is 1. The molecule has 1 atom stereocenters. The maximum absolute atomic E-state index is 12.1. The van der Waals surface area contributed by atoms with Crippen LogP contribution in [0.1, 0.15) is 45.6 Å². The summed E-state index contributed by atoms with van der Waals surface area (Å²) in [7, 11) is 0. The third-order valence-corrected chi connectivity index (χ3v) is 4.36. The molecule has 1 fully saturated rings. The first-order chi connectivity index (χ1) is 9.54. The summed E-state index contributed by atoms with van der Waals surface area (Å²) >= 11 is 6.17. The number of hydrogen-bond acceptors (Lipinski definition) is 4. The quantitative estimate of drug-likeness (QED) is 0.875. The average Bonchev–Trinajstić information content (AvgIpc) is 2.94. The first-order valence-electron chi connectivity index (χ1n) is 7.28. The van der Waals surface area contributed by atoms with Gasteiger partial charge in [0.05, 0.1) is 17.9 Å². The van der Waals surface area contributed by atoms with Gasteiger partial charge in [0.15, 0.2) is 0 Å². The molecule has 2 rings (SSSR count). The van der Waals surface area contributed by atoms with Gasteiger partial charge in [0.1, 0.15) is 5.02 Å². The highest BCUT2D eigenvalue weighted by Crippen LogP contribution is 2.30. The predicted octanol–water partition coefficient (Wildman–Crippen LogP) is 2.41. The highest BCUT2D eigenvalue weighted by atomic mass is 35.5. The highest BCUT2D eigenvalue weighted by Gasteiger charge is 2.25. The number of nitrogens with one attached hydrogen (secondary N) is 1. The zero-order valence-electron chi connectivity index (χ0n) is 12.1. The number of anilines is 1. The Morgan fingerprint density at radius 1 is 1.50 bits per heavy atom. The molecule has 0 radical (unpaired) electrons. The third-order valence-electron chi connectivity index (χ3n) is 4.00. The van der Waals surface area contributed by atoms with E-state index < -0.39 is 0 Å². The molecule has 1 aliphatic rings. The molecule has 1 aromatic rings. The number of aromatic nitrogens is 2. The minimum Gasteiger partial charge on any atom is -0.378 e. The normalized spacial score (nSPS) is 17.6. The number of nitrogens with zero attached hydrogens (tertiary/aromatic N) is 2. The standard InChI is InChI=1S/C14H23ClN4O/c1-9(2)19-14(20)13(15)12(8-17-19)18-11(7-16)10-5-3-4-6-10/h8-11,18H,3-7,16H2,1-2H3. The van der Waals surface area contributed by atoms with Crippen LogP contribution in [0.4, 0.5) is 5.69 Å². The predicted molar refractivity (Wildman–Crippen MR) is 82.3 cm³/mol. The van der Waals surface area contributed by atoms with Crippen LogP contribution >= 0.6 is 11.6 Å². The lowest BCUT2D eigenvalue weighted by atomic mass is 9.98. The Bertz CT molecular complexity index is 508. The van der Waals surface area contributed by atoms with Gasteiger partial charge in [-0.25, -0.2) is 4.68 Å². The van der Waals surface area contributed by atoms with Crippen molar-refractivity contribution in [2.75, 3.05) is 11.9 Å². The molecule has 1 aliphatic carbocycles. The van der Waals surface area contributed by atoms with Crippen LogP contribution in [-0.4, -0.2) is 22.4 Å². The monoisotopic (exact) mass is 298 g/mol. The summed E-state index contributed by atoms with van der Waals surface area (Å²) < 4.78 is 1.39. The Morgan fingerprint density at radius 2 is 2.15 bits per heavy atom. The SMILES string of the molecule is CC(C)n1ncc(NC(CN)C2CCCC2)c(Cl)c1=O. The van der Waals surface area contributed by atoms with Crippen LogP contribution in [0.2, 0.25) is 5.02 Å². The van der Waals surface area contributed by atoms with Gasteiger partial charge >= 0.3 is 0 Å². The molecule has 112 valence electrons. The minimum atomic E-state index is -0.256. The van der Waals surface area contributed by atoms with Gasteiger partial charge in [-0.05, 0) is 32.6 Å². The van der Waals surface area contributed by atoms with Crippen LogP contribution < -0.4 is 16.6 Å². The molecular weight excluding hydrogens is 276 g/mol. The fraction of sp³-hybridized carbons (Fsp3) is 0.714. The summed E-state index contributed by atoms with van der Waals surface area (Å²) in [6.07, 6.45) is 6.50. The third kappa shape index (κ3) is 3.15. The summed E-state index contributed by atoms with van der Waals surface area (Å²) in [5, 5.41) is 7.68. The lowest BCUT2D eigenvalue weighted by Gasteiger charge is -2.24. The topological polar surface area (TPSA) is 72.9 Å². The van der Waals surface area contributed by atoms with Crippen molar-refractivity contribution in [3.8, 4) is 0 Å². The number of nitrogens with two attached hydrogens (primary N) is 1. The number of hydrogen-bond donors (Lipinski definition) is 2. The molecule has 20 heavy (non-hydrogen) atoms. The summed E-state index contributed by atoms with van der Waals surface area (Å²) in [6, 6.07) is 0.153. The molecule has 0 amide bonds. The van der Waals surface area contributed by atoms with Gasteiger partial charge in [0, 0.05) is 12.6 Å². The molecule has 3 N–H and O–H groups in total. The van der Waals surface area contributed by atoms with E-state index in [0.29, 0.717) is 18.2 Å². The summed E-state index contributed by atoms with van der Waals surface area (Å²) in [6.45, 7) is 4.34. The van der Waals surface area contributed by atoms with E-state index in [9.17, 15) is 4.79 Å². The van der Waals surface area contributed by atoms with Crippen molar-refractivity contribution in [2.24, 2.45) is 11.7 Å². The molecule has 0 bridgehead atoms. The Labute approximate surface area is 124 Å². The van der Waals surface area contributed by atoms with Crippen LogP contribution in [-0.2, 0) is 0 Å². The van der Waals surface area contributed by atoms with Gasteiger partial charge in [-0.1, -0.05) is 24.4 Å². The summed E-state index contributed by atoms with van der Waals surface area (Å²) in [4.78, 5) is 12.1. The van der Waals surface area contributed by atoms with Gasteiger partial charge < -0.3 is 11.1 Å².